The Kier molecular flexibility index (Phi) is 6.20. The highest BCUT2D eigenvalue weighted by Gasteiger charge is 2.40. The number of hydrogen-bond donors (Lipinski definition) is 1. The molecule has 4 aliphatic heterocycles. The van der Waals surface area contributed by atoms with Gasteiger partial charge in [0.2, 0.25) is 0 Å². The van der Waals surface area contributed by atoms with E-state index in [4.69, 9.17) is 0 Å². The van der Waals surface area contributed by atoms with Crippen LogP contribution in [0, 0.1) is 11.8 Å². The molecule has 2 bridgehead atoms. The van der Waals surface area contributed by atoms with Gasteiger partial charge in [-0.3, -0.25) is 14.6 Å². The Balaban J connectivity index is 1.12. The standard InChI is InChI=1S/C27H36N4O/c1-29(2)25-9-7-21(8-10-25)27(32)28-16-26-15-22-12-14-31(26)19-24(22)18-30-13-11-20-5-3-4-6-23(20)17-30/h3-10,22,24,26H,11-19H2,1-2H3,(H,28,32)/t22-,24+,26+/m1/s1. The summed E-state index contributed by atoms with van der Waals surface area (Å²) in [7, 11) is 4.03. The van der Waals surface area contributed by atoms with Crippen molar-refractivity contribution in [1.82, 2.24) is 15.1 Å². The molecule has 3 saturated heterocycles. The maximum atomic E-state index is 12.7. The van der Waals surface area contributed by atoms with Crippen LogP contribution < -0.4 is 10.2 Å². The molecular weight excluding hydrogens is 396 g/mol. The predicted molar refractivity (Wildman–Crippen MR) is 130 cm³/mol. The number of anilines is 1. The molecule has 4 aliphatic rings. The Morgan fingerprint density at radius 3 is 2.56 bits per heavy atom. The fraction of sp³-hybridized carbons (Fsp3) is 0.519. The molecule has 1 N–H and O–H groups in total. The highest BCUT2D eigenvalue weighted by molar-refractivity contribution is 5.94. The second kappa shape index (κ2) is 9.24. The van der Waals surface area contributed by atoms with Crippen LogP contribution >= 0.6 is 0 Å². The minimum absolute atomic E-state index is 0.0430. The van der Waals surface area contributed by atoms with E-state index >= 15 is 0 Å². The summed E-state index contributed by atoms with van der Waals surface area (Å²) in [6.45, 7) is 6.63. The number of benzene rings is 2. The third-order valence-corrected chi connectivity index (χ3v) is 7.86. The summed E-state index contributed by atoms with van der Waals surface area (Å²) in [5.74, 6) is 1.60. The lowest BCUT2D eigenvalue weighted by molar-refractivity contribution is -0.0130. The topological polar surface area (TPSA) is 38.8 Å². The quantitative estimate of drug-likeness (QED) is 0.761. The molecule has 0 aromatic heterocycles. The summed E-state index contributed by atoms with van der Waals surface area (Å²) in [5.41, 5.74) is 4.90. The summed E-state index contributed by atoms with van der Waals surface area (Å²) >= 11 is 0. The maximum Gasteiger partial charge on any atom is 0.251 e. The van der Waals surface area contributed by atoms with Gasteiger partial charge < -0.3 is 10.2 Å². The first-order valence-corrected chi connectivity index (χ1v) is 12.2. The number of fused-ring (bicyclic) bond motifs is 4. The van der Waals surface area contributed by atoms with Crippen LogP contribution in [-0.2, 0) is 13.0 Å². The minimum atomic E-state index is 0.0430. The van der Waals surface area contributed by atoms with Crippen molar-refractivity contribution in [2.75, 3.05) is 51.7 Å². The molecule has 1 unspecified atom stereocenters. The molecule has 0 aliphatic carbocycles. The van der Waals surface area contributed by atoms with E-state index in [9.17, 15) is 4.79 Å². The Morgan fingerprint density at radius 1 is 1.06 bits per heavy atom. The average Bonchev–Trinajstić information content (AvgIpc) is 2.83. The fourth-order valence-corrected chi connectivity index (χ4v) is 5.93. The summed E-state index contributed by atoms with van der Waals surface area (Å²) in [4.78, 5) is 20.0. The number of nitrogens with one attached hydrogen (secondary N) is 1. The first kappa shape index (κ1) is 21.5. The van der Waals surface area contributed by atoms with Gasteiger partial charge in [0.15, 0.2) is 0 Å². The molecule has 32 heavy (non-hydrogen) atoms. The SMILES string of the molecule is CN(C)c1ccc(C(=O)NC[C@@H]2C[C@H]3CCN2C[C@@H]3CN2CCc3ccccc3C2)cc1. The van der Waals surface area contributed by atoms with Crippen LogP contribution in [0.3, 0.4) is 0 Å². The monoisotopic (exact) mass is 432 g/mol. The van der Waals surface area contributed by atoms with Crippen molar-refractivity contribution >= 4 is 11.6 Å². The first-order valence-electron chi connectivity index (χ1n) is 12.2. The highest BCUT2D eigenvalue weighted by atomic mass is 16.1. The number of amides is 1. The first-order chi connectivity index (χ1) is 15.6. The molecule has 5 nitrogen and oxygen atoms in total. The molecular formula is C27H36N4O. The van der Waals surface area contributed by atoms with Crippen LogP contribution in [-0.4, -0.2) is 68.6 Å². The Bertz CT molecular complexity index is 941. The normalized spacial score (nSPS) is 27.1. The van der Waals surface area contributed by atoms with E-state index in [-0.39, 0.29) is 5.91 Å². The van der Waals surface area contributed by atoms with Crippen LogP contribution in [0.4, 0.5) is 5.69 Å². The molecule has 4 heterocycles. The van der Waals surface area contributed by atoms with E-state index in [1.165, 1.54) is 56.6 Å². The van der Waals surface area contributed by atoms with Crippen LogP contribution in [0.1, 0.15) is 34.3 Å². The van der Waals surface area contributed by atoms with E-state index < -0.39 is 0 Å². The van der Waals surface area contributed by atoms with Crippen LogP contribution in [0.15, 0.2) is 48.5 Å². The molecule has 6 rings (SSSR count). The van der Waals surface area contributed by atoms with Gasteiger partial charge in [0.1, 0.15) is 0 Å². The van der Waals surface area contributed by atoms with Gasteiger partial charge in [0.05, 0.1) is 0 Å². The second-order valence-electron chi connectivity index (χ2n) is 10.1. The van der Waals surface area contributed by atoms with Crippen molar-refractivity contribution in [1.29, 1.82) is 0 Å². The maximum absolute atomic E-state index is 12.7. The van der Waals surface area contributed by atoms with Gasteiger partial charge in [-0.2, -0.15) is 0 Å². The van der Waals surface area contributed by atoms with Crippen molar-refractivity contribution in [3.8, 4) is 0 Å². The Hall–Kier alpha value is -2.37. The second-order valence-corrected chi connectivity index (χ2v) is 10.1. The lowest BCUT2D eigenvalue weighted by atomic mass is 9.75. The summed E-state index contributed by atoms with van der Waals surface area (Å²) in [5, 5.41) is 3.20. The van der Waals surface area contributed by atoms with Gasteiger partial charge in [-0.15, -0.1) is 0 Å². The van der Waals surface area contributed by atoms with Crippen molar-refractivity contribution in [3.63, 3.8) is 0 Å². The largest absolute Gasteiger partial charge is 0.378 e. The molecule has 170 valence electrons. The zero-order valence-electron chi connectivity index (χ0n) is 19.5. The number of rotatable bonds is 6. The lowest BCUT2D eigenvalue weighted by Crippen LogP contribution is -2.58. The summed E-state index contributed by atoms with van der Waals surface area (Å²) < 4.78 is 0. The third-order valence-electron chi connectivity index (χ3n) is 7.86. The third kappa shape index (κ3) is 4.55. The molecule has 0 radical (unpaired) electrons. The summed E-state index contributed by atoms with van der Waals surface area (Å²) in [6.07, 6.45) is 3.71. The molecule has 3 fully saturated rings. The number of carbonyl (C=O) groups excluding carboxylic acids is 1. The van der Waals surface area contributed by atoms with Gasteiger partial charge in [-0.1, -0.05) is 24.3 Å². The van der Waals surface area contributed by atoms with Gasteiger partial charge in [0.25, 0.3) is 5.91 Å². The average molecular weight is 433 g/mol. The van der Waals surface area contributed by atoms with Crippen molar-refractivity contribution in [3.05, 3.63) is 65.2 Å². The number of hydrogen-bond acceptors (Lipinski definition) is 4. The number of carbonyl (C=O) groups is 1. The van der Waals surface area contributed by atoms with E-state index in [0.29, 0.717) is 6.04 Å². The van der Waals surface area contributed by atoms with Gasteiger partial charge in [-0.05, 0) is 73.0 Å². The van der Waals surface area contributed by atoms with Gasteiger partial charge in [-0.25, -0.2) is 0 Å². The van der Waals surface area contributed by atoms with E-state index in [1.54, 1.807) is 0 Å². The molecule has 0 saturated carbocycles. The minimum Gasteiger partial charge on any atom is -0.378 e. The van der Waals surface area contributed by atoms with Crippen molar-refractivity contribution in [2.24, 2.45) is 11.8 Å². The van der Waals surface area contributed by atoms with E-state index in [1.807, 2.05) is 43.3 Å². The Labute approximate surface area is 192 Å². The van der Waals surface area contributed by atoms with Gasteiger partial charge in [0, 0.05) is 64.1 Å². The van der Waals surface area contributed by atoms with E-state index in [2.05, 4.69) is 39.4 Å². The van der Waals surface area contributed by atoms with Crippen LogP contribution in [0.5, 0.6) is 0 Å². The zero-order valence-corrected chi connectivity index (χ0v) is 19.5. The smallest absolute Gasteiger partial charge is 0.251 e. The number of nitrogens with zero attached hydrogens (tertiary/aromatic N) is 3. The summed E-state index contributed by atoms with van der Waals surface area (Å²) in [6, 6.07) is 17.3. The van der Waals surface area contributed by atoms with Gasteiger partial charge >= 0.3 is 0 Å². The zero-order chi connectivity index (χ0) is 22.1. The van der Waals surface area contributed by atoms with Crippen molar-refractivity contribution in [2.45, 2.75) is 31.8 Å². The Morgan fingerprint density at radius 2 is 1.84 bits per heavy atom. The van der Waals surface area contributed by atoms with E-state index in [0.717, 1.165) is 36.2 Å². The molecule has 4 atom stereocenters. The molecule has 5 heteroatoms. The van der Waals surface area contributed by atoms with Crippen LogP contribution in [0.2, 0.25) is 0 Å². The molecule has 1 amide bonds. The molecule has 2 aromatic rings. The highest BCUT2D eigenvalue weighted by Crippen LogP contribution is 2.37. The molecule has 2 aromatic carbocycles. The van der Waals surface area contributed by atoms with Crippen molar-refractivity contribution < 1.29 is 4.79 Å². The lowest BCUT2D eigenvalue weighted by Gasteiger charge is -2.51. The van der Waals surface area contributed by atoms with Crippen LogP contribution in [0.25, 0.3) is 0 Å². The number of piperidine rings is 3. The predicted octanol–water partition coefficient (Wildman–Crippen LogP) is 3.25. The molecule has 0 spiro atoms. The fourth-order valence-electron chi connectivity index (χ4n) is 5.93.